The summed E-state index contributed by atoms with van der Waals surface area (Å²) in [5.74, 6) is 5.74. The van der Waals surface area contributed by atoms with E-state index < -0.39 is 0 Å². The van der Waals surface area contributed by atoms with Crippen LogP contribution < -0.4 is 16.6 Å². The van der Waals surface area contributed by atoms with Crippen molar-refractivity contribution in [3.8, 4) is 0 Å². The summed E-state index contributed by atoms with van der Waals surface area (Å²) in [5.41, 5.74) is 4.06. The monoisotopic (exact) mass is 249 g/mol. The van der Waals surface area contributed by atoms with Gasteiger partial charge >= 0.3 is 0 Å². The lowest BCUT2D eigenvalue weighted by molar-refractivity contribution is 0.0925. The number of amides is 1. The lowest BCUT2D eigenvalue weighted by Gasteiger charge is -2.29. The summed E-state index contributed by atoms with van der Waals surface area (Å²) in [6.45, 7) is 9.29. The van der Waals surface area contributed by atoms with E-state index in [-0.39, 0.29) is 11.3 Å². The summed E-state index contributed by atoms with van der Waals surface area (Å²) < 4.78 is 0. The molecule has 0 atom stereocenters. The number of nitrogen functional groups attached to an aromatic ring is 1. The average molecular weight is 249 g/mol. The number of carbonyl (C=O) groups excluding carboxylic acids is 1. The fourth-order valence-electron chi connectivity index (χ4n) is 1.33. The van der Waals surface area contributed by atoms with E-state index in [0.717, 1.165) is 5.69 Å². The van der Waals surface area contributed by atoms with Crippen LogP contribution in [0.4, 0.5) is 5.69 Å². The van der Waals surface area contributed by atoms with Gasteiger partial charge in [0.25, 0.3) is 5.91 Å². The average Bonchev–Trinajstić information content (AvgIpc) is 2.36. The summed E-state index contributed by atoms with van der Waals surface area (Å²) in [6, 6.07) is 7.07. The van der Waals surface area contributed by atoms with Crippen molar-refractivity contribution >= 4 is 11.6 Å². The number of hydrogen-bond donors (Lipinski definition) is 3. The molecule has 0 saturated heterocycles. The zero-order valence-corrected chi connectivity index (χ0v) is 11.6. The van der Waals surface area contributed by atoms with Crippen LogP contribution in [0.15, 0.2) is 24.3 Å². The van der Waals surface area contributed by atoms with Gasteiger partial charge in [-0.1, -0.05) is 27.7 Å². The SMILES string of the molecule is CC(C)C(C)(C)CNC(=O)c1ccc(NN)cc1. The minimum absolute atomic E-state index is 0.0488. The van der Waals surface area contributed by atoms with Gasteiger partial charge in [0.2, 0.25) is 0 Å². The molecular weight excluding hydrogens is 226 g/mol. The van der Waals surface area contributed by atoms with Gasteiger partial charge in [-0.15, -0.1) is 0 Å². The third-order valence-corrected chi connectivity index (χ3v) is 3.58. The standard InChI is InChI=1S/C14H23N3O/c1-10(2)14(3,4)9-16-13(18)11-5-7-12(17-15)8-6-11/h5-8,10,17H,9,15H2,1-4H3,(H,16,18). The van der Waals surface area contributed by atoms with Crippen LogP contribution in [0.2, 0.25) is 0 Å². The highest BCUT2D eigenvalue weighted by Gasteiger charge is 2.23. The van der Waals surface area contributed by atoms with E-state index in [1.54, 1.807) is 24.3 Å². The van der Waals surface area contributed by atoms with E-state index in [2.05, 4.69) is 38.4 Å². The molecule has 4 N–H and O–H groups in total. The van der Waals surface area contributed by atoms with Crippen LogP contribution in [0.3, 0.4) is 0 Å². The summed E-state index contributed by atoms with van der Waals surface area (Å²) in [6.07, 6.45) is 0. The normalized spacial score (nSPS) is 11.4. The van der Waals surface area contributed by atoms with Crippen LogP contribution in [0.1, 0.15) is 38.1 Å². The van der Waals surface area contributed by atoms with Crippen molar-refractivity contribution in [1.29, 1.82) is 0 Å². The molecule has 4 nitrogen and oxygen atoms in total. The molecule has 0 aliphatic heterocycles. The second-order valence-corrected chi connectivity index (χ2v) is 5.55. The van der Waals surface area contributed by atoms with Gasteiger partial charge < -0.3 is 10.7 Å². The van der Waals surface area contributed by atoms with E-state index in [1.807, 2.05) is 0 Å². The second-order valence-electron chi connectivity index (χ2n) is 5.55. The van der Waals surface area contributed by atoms with E-state index in [4.69, 9.17) is 5.84 Å². The Balaban J connectivity index is 2.60. The van der Waals surface area contributed by atoms with E-state index in [0.29, 0.717) is 18.0 Å². The van der Waals surface area contributed by atoms with Crippen molar-refractivity contribution in [1.82, 2.24) is 5.32 Å². The van der Waals surface area contributed by atoms with Crippen molar-refractivity contribution in [2.45, 2.75) is 27.7 Å². The molecule has 100 valence electrons. The Morgan fingerprint density at radius 2 is 1.83 bits per heavy atom. The van der Waals surface area contributed by atoms with Crippen molar-refractivity contribution in [2.24, 2.45) is 17.2 Å². The molecule has 0 fully saturated rings. The number of hydrogen-bond acceptors (Lipinski definition) is 3. The molecule has 0 heterocycles. The Bertz CT molecular complexity index is 396. The van der Waals surface area contributed by atoms with E-state index in [9.17, 15) is 4.79 Å². The zero-order chi connectivity index (χ0) is 13.8. The number of rotatable bonds is 5. The van der Waals surface area contributed by atoms with Gasteiger partial charge in [-0.2, -0.15) is 0 Å². The van der Waals surface area contributed by atoms with Gasteiger partial charge in [-0.05, 0) is 35.6 Å². The molecule has 0 saturated carbocycles. The van der Waals surface area contributed by atoms with Crippen LogP contribution in [-0.4, -0.2) is 12.5 Å². The highest BCUT2D eigenvalue weighted by Crippen LogP contribution is 2.24. The maximum absolute atomic E-state index is 12.0. The summed E-state index contributed by atoms with van der Waals surface area (Å²) >= 11 is 0. The van der Waals surface area contributed by atoms with Gasteiger partial charge in [-0.3, -0.25) is 10.6 Å². The second kappa shape index (κ2) is 5.87. The van der Waals surface area contributed by atoms with Crippen LogP contribution in [0.25, 0.3) is 0 Å². The third kappa shape index (κ3) is 3.74. The predicted molar refractivity (Wildman–Crippen MR) is 75.2 cm³/mol. The summed E-state index contributed by atoms with van der Waals surface area (Å²) in [5, 5.41) is 2.97. The lowest BCUT2D eigenvalue weighted by Crippen LogP contribution is -2.36. The highest BCUT2D eigenvalue weighted by molar-refractivity contribution is 5.94. The summed E-state index contributed by atoms with van der Waals surface area (Å²) in [7, 11) is 0. The maximum atomic E-state index is 12.0. The van der Waals surface area contributed by atoms with Gasteiger partial charge in [0, 0.05) is 17.8 Å². The first-order chi connectivity index (χ1) is 8.36. The number of hydrazine groups is 1. The molecule has 0 aromatic heterocycles. The van der Waals surface area contributed by atoms with E-state index >= 15 is 0 Å². The van der Waals surface area contributed by atoms with Crippen LogP contribution in [0.5, 0.6) is 0 Å². The molecular formula is C14H23N3O. The summed E-state index contributed by atoms with van der Waals surface area (Å²) in [4.78, 5) is 12.0. The molecule has 0 aliphatic carbocycles. The molecule has 1 amide bonds. The molecule has 0 radical (unpaired) electrons. The van der Waals surface area contributed by atoms with E-state index in [1.165, 1.54) is 0 Å². The lowest BCUT2D eigenvalue weighted by atomic mass is 9.81. The van der Waals surface area contributed by atoms with Crippen molar-refractivity contribution < 1.29 is 4.79 Å². The molecule has 18 heavy (non-hydrogen) atoms. The van der Waals surface area contributed by atoms with Crippen molar-refractivity contribution in [2.75, 3.05) is 12.0 Å². The minimum atomic E-state index is -0.0488. The molecule has 0 aliphatic rings. The number of benzene rings is 1. The first-order valence-electron chi connectivity index (χ1n) is 6.21. The number of carbonyl (C=O) groups is 1. The largest absolute Gasteiger partial charge is 0.351 e. The zero-order valence-electron chi connectivity index (χ0n) is 11.6. The Morgan fingerprint density at radius 3 is 2.28 bits per heavy atom. The molecule has 1 aromatic carbocycles. The maximum Gasteiger partial charge on any atom is 0.251 e. The predicted octanol–water partition coefficient (Wildman–Crippen LogP) is 2.38. The topological polar surface area (TPSA) is 67.2 Å². The van der Waals surface area contributed by atoms with Gasteiger partial charge in [0.05, 0.1) is 0 Å². The van der Waals surface area contributed by atoms with Gasteiger partial charge in [-0.25, -0.2) is 0 Å². The Hall–Kier alpha value is -1.55. The molecule has 1 rings (SSSR count). The molecule has 4 heteroatoms. The van der Waals surface area contributed by atoms with Crippen LogP contribution in [-0.2, 0) is 0 Å². The minimum Gasteiger partial charge on any atom is -0.351 e. The number of nitrogens with one attached hydrogen (secondary N) is 2. The number of nitrogens with two attached hydrogens (primary N) is 1. The van der Waals surface area contributed by atoms with Crippen molar-refractivity contribution in [3.63, 3.8) is 0 Å². The van der Waals surface area contributed by atoms with Gasteiger partial charge in [0.15, 0.2) is 0 Å². The molecule has 1 aromatic rings. The molecule has 0 bridgehead atoms. The van der Waals surface area contributed by atoms with Crippen molar-refractivity contribution in [3.05, 3.63) is 29.8 Å². The molecule has 0 unspecified atom stereocenters. The fraction of sp³-hybridized carbons (Fsp3) is 0.500. The smallest absolute Gasteiger partial charge is 0.251 e. The van der Waals surface area contributed by atoms with Crippen LogP contribution >= 0.6 is 0 Å². The quantitative estimate of drug-likeness (QED) is 0.554. The van der Waals surface area contributed by atoms with Gasteiger partial charge in [0.1, 0.15) is 0 Å². The Morgan fingerprint density at radius 1 is 1.28 bits per heavy atom. The Labute approximate surface area is 109 Å². The van der Waals surface area contributed by atoms with Crippen LogP contribution in [0, 0.1) is 11.3 Å². The Kier molecular flexibility index (Phi) is 4.73. The fourth-order valence-corrected chi connectivity index (χ4v) is 1.33. The molecule has 0 spiro atoms. The first-order valence-corrected chi connectivity index (χ1v) is 6.21. The number of anilines is 1. The highest BCUT2D eigenvalue weighted by atomic mass is 16.1. The first kappa shape index (κ1) is 14.5. The third-order valence-electron chi connectivity index (χ3n) is 3.58.